The third-order valence-corrected chi connectivity index (χ3v) is 6.09. The maximum absolute atomic E-state index is 12.8. The number of carbonyl (C=O) groups is 1. The Morgan fingerprint density at radius 3 is 2.46 bits per heavy atom. The number of benzene rings is 1. The number of piperidine rings is 1. The Morgan fingerprint density at radius 1 is 1.25 bits per heavy atom. The van der Waals surface area contributed by atoms with Crippen molar-refractivity contribution in [3.05, 3.63) is 29.8 Å². The largest absolute Gasteiger partial charge is 0.355 e. The van der Waals surface area contributed by atoms with E-state index in [4.69, 9.17) is 0 Å². The number of aryl methyl sites for hydroxylation is 1. The normalized spacial score (nSPS) is 19.9. The van der Waals surface area contributed by atoms with Gasteiger partial charge in [0.05, 0.1) is 10.8 Å². The van der Waals surface area contributed by atoms with E-state index in [0.29, 0.717) is 24.4 Å². The van der Waals surface area contributed by atoms with E-state index in [0.717, 1.165) is 12.0 Å². The maximum atomic E-state index is 12.8. The molecule has 1 aromatic rings. The molecule has 0 aromatic heterocycles. The molecule has 1 N–H and O–H groups in total. The lowest BCUT2D eigenvalue weighted by atomic mass is 9.95. The Labute approximate surface area is 145 Å². The second kappa shape index (κ2) is 7.23. The van der Waals surface area contributed by atoms with Crippen molar-refractivity contribution in [2.75, 3.05) is 19.6 Å². The van der Waals surface area contributed by atoms with E-state index in [-0.39, 0.29) is 23.8 Å². The first-order chi connectivity index (χ1) is 11.1. The highest BCUT2D eigenvalue weighted by Crippen LogP contribution is 2.24. The Hall–Kier alpha value is -1.40. The smallest absolute Gasteiger partial charge is 0.243 e. The fourth-order valence-electron chi connectivity index (χ4n) is 2.73. The minimum absolute atomic E-state index is 0.0119. The summed E-state index contributed by atoms with van der Waals surface area (Å²) in [5.41, 5.74) is 1.03. The predicted molar refractivity (Wildman–Crippen MR) is 95.1 cm³/mol. The summed E-state index contributed by atoms with van der Waals surface area (Å²) in [6, 6.07) is 6.86. The number of sulfonamides is 1. The van der Waals surface area contributed by atoms with Gasteiger partial charge in [-0.15, -0.1) is 0 Å². The SMILES string of the molecule is Cc1ccc(S(=O)(=O)N2CCCC(C(=O)NCC(C)(C)C)C2)cc1. The number of amides is 1. The number of nitrogens with one attached hydrogen (secondary N) is 1. The lowest BCUT2D eigenvalue weighted by Crippen LogP contribution is -2.46. The van der Waals surface area contributed by atoms with E-state index in [2.05, 4.69) is 26.1 Å². The molecule has 0 saturated carbocycles. The second-order valence-corrected chi connectivity index (χ2v) is 9.73. The van der Waals surface area contributed by atoms with Gasteiger partial charge in [-0.3, -0.25) is 4.79 Å². The average Bonchev–Trinajstić information content (AvgIpc) is 2.52. The number of hydrogen-bond acceptors (Lipinski definition) is 3. The highest BCUT2D eigenvalue weighted by Gasteiger charge is 2.33. The van der Waals surface area contributed by atoms with Crippen molar-refractivity contribution in [2.45, 2.75) is 45.4 Å². The van der Waals surface area contributed by atoms with Gasteiger partial charge in [-0.1, -0.05) is 38.5 Å². The lowest BCUT2D eigenvalue weighted by Gasteiger charge is -2.32. The topological polar surface area (TPSA) is 66.5 Å². The molecule has 1 aromatic carbocycles. The molecule has 1 aliphatic heterocycles. The van der Waals surface area contributed by atoms with Crippen molar-refractivity contribution in [3.8, 4) is 0 Å². The first-order valence-electron chi connectivity index (χ1n) is 8.44. The Bertz CT molecular complexity index is 675. The molecule has 24 heavy (non-hydrogen) atoms. The summed E-state index contributed by atoms with van der Waals surface area (Å²) in [4.78, 5) is 12.7. The monoisotopic (exact) mass is 352 g/mol. The van der Waals surface area contributed by atoms with Crippen LogP contribution in [0.2, 0.25) is 0 Å². The van der Waals surface area contributed by atoms with Crippen LogP contribution < -0.4 is 5.32 Å². The molecule has 0 aliphatic carbocycles. The molecule has 1 unspecified atom stereocenters. The molecular formula is C18H28N2O3S. The van der Waals surface area contributed by atoms with E-state index in [9.17, 15) is 13.2 Å². The van der Waals surface area contributed by atoms with Gasteiger partial charge in [0.1, 0.15) is 0 Å². The van der Waals surface area contributed by atoms with Gasteiger partial charge < -0.3 is 5.32 Å². The number of rotatable bonds is 4. The molecule has 2 rings (SSSR count). The first kappa shape index (κ1) is 18.9. The molecule has 6 heteroatoms. The third kappa shape index (κ3) is 4.80. The second-order valence-electron chi connectivity index (χ2n) is 7.79. The van der Waals surface area contributed by atoms with Crippen molar-refractivity contribution < 1.29 is 13.2 Å². The number of nitrogens with zero attached hydrogens (tertiary/aromatic N) is 1. The Morgan fingerprint density at radius 2 is 1.88 bits per heavy atom. The van der Waals surface area contributed by atoms with E-state index >= 15 is 0 Å². The number of carbonyl (C=O) groups excluding carboxylic acids is 1. The van der Waals surface area contributed by atoms with Gasteiger partial charge in [-0.25, -0.2) is 8.42 Å². The molecule has 5 nitrogen and oxygen atoms in total. The fourth-order valence-corrected chi connectivity index (χ4v) is 4.25. The predicted octanol–water partition coefficient (Wildman–Crippen LogP) is 2.56. The van der Waals surface area contributed by atoms with Crippen molar-refractivity contribution in [3.63, 3.8) is 0 Å². The van der Waals surface area contributed by atoms with Crippen molar-refractivity contribution in [1.29, 1.82) is 0 Å². The average molecular weight is 353 g/mol. The molecule has 1 saturated heterocycles. The molecule has 1 heterocycles. The van der Waals surface area contributed by atoms with Gasteiger partial charge >= 0.3 is 0 Å². The maximum Gasteiger partial charge on any atom is 0.243 e. The lowest BCUT2D eigenvalue weighted by molar-refractivity contribution is -0.126. The Kier molecular flexibility index (Phi) is 5.71. The summed E-state index contributed by atoms with van der Waals surface area (Å²) in [6.45, 7) is 9.41. The van der Waals surface area contributed by atoms with Crippen LogP contribution in [0.3, 0.4) is 0 Å². The zero-order valence-electron chi connectivity index (χ0n) is 15.0. The zero-order valence-corrected chi connectivity index (χ0v) is 15.8. The molecule has 1 fully saturated rings. The van der Waals surface area contributed by atoms with Crippen molar-refractivity contribution in [1.82, 2.24) is 9.62 Å². The molecule has 0 bridgehead atoms. The molecule has 0 radical (unpaired) electrons. The summed E-state index contributed by atoms with van der Waals surface area (Å²) in [6.07, 6.45) is 1.44. The van der Waals surface area contributed by atoms with Crippen LogP contribution in [0.4, 0.5) is 0 Å². The van der Waals surface area contributed by atoms with Crippen LogP contribution in [0, 0.1) is 18.3 Å². The summed E-state index contributed by atoms with van der Waals surface area (Å²) in [5.74, 6) is -0.324. The summed E-state index contributed by atoms with van der Waals surface area (Å²) in [7, 11) is -3.54. The van der Waals surface area contributed by atoms with Crippen LogP contribution in [0.1, 0.15) is 39.2 Å². The first-order valence-corrected chi connectivity index (χ1v) is 9.88. The van der Waals surface area contributed by atoms with E-state index < -0.39 is 10.0 Å². The van der Waals surface area contributed by atoms with Gasteiger partial charge in [-0.2, -0.15) is 4.31 Å². The molecule has 1 aliphatic rings. The molecule has 134 valence electrons. The van der Waals surface area contributed by atoms with Crippen LogP contribution in [-0.4, -0.2) is 38.3 Å². The fraction of sp³-hybridized carbons (Fsp3) is 0.611. The van der Waals surface area contributed by atoms with Crippen molar-refractivity contribution >= 4 is 15.9 Å². The van der Waals surface area contributed by atoms with Crippen LogP contribution in [0.5, 0.6) is 0 Å². The van der Waals surface area contributed by atoms with Crippen LogP contribution in [-0.2, 0) is 14.8 Å². The molecule has 1 atom stereocenters. The van der Waals surface area contributed by atoms with Crippen LogP contribution in [0.25, 0.3) is 0 Å². The summed E-state index contributed by atoms with van der Waals surface area (Å²) in [5, 5.41) is 2.95. The van der Waals surface area contributed by atoms with E-state index in [1.54, 1.807) is 24.3 Å². The van der Waals surface area contributed by atoms with Gasteiger partial charge in [0.25, 0.3) is 0 Å². The zero-order chi connectivity index (χ0) is 18.0. The minimum Gasteiger partial charge on any atom is -0.355 e. The van der Waals surface area contributed by atoms with Gasteiger partial charge in [0, 0.05) is 19.6 Å². The van der Waals surface area contributed by atoms with Crippen LogP contribution in [0.15, 0.2) is 29.2 Å². The number of hydrogen-bond donors (Lipinski definition) is 1. The van der Waals surface area contributed by atoms with E-state index in [1.165, 1.54) is 4.31 Å². The van der Waals surface area contributed by atoms with Gasteiger partial charge in [-0.05, 0) is 37.3 Å². The standard InChI is InChI=1S/C18H28N2O3S/c1-14-7-9-16(10-8-14)24(22,23)20-11-5-6-15(12-20)17(21)19-13-18(2,3)4/h7-10,15H,5-6,11-13H2,1-4H3,(H,19,21). The highest BCUT2D eigenvalue weighted by molar-refractivity contribution is 7.89. The highest BCUT2D eigenvalue weighted by atomic mass is 32.2. The third-order valence-electron chi connectivity index (χ3n) is 4.21. The summed E-state index contributed by atoms with van der Waals surface area (Å²) >= 11 is 0. The van der Waals surface area contributed by atoms with Crippen LogP contribution >= 0.6 is 0 Å². The Balaban J connectivity index is 2.07. The van der Waals surface area contributed by atoms with Gasteiger partial charge in [0.2, 0.25) is 15.9 Å². The van der Waals surface area contributed by atoms with E-state index in [1.807, 2.05) is 6.92 Å². The summed E-state index contributed by atoms with van der Waals surface area (Å²) < 4.78 is 27.0. The van der Waals surface area contributed by atoms with Gasteiger partial charge in [0.15, 0.2) is 0 Å². The molecule has 0 spiro atoms. The van der Waals surface area contributed by atoms with Crippen molar-refractivity contribution in [2.24, 2.45) is 11.3 Å². The molecule has 1 amide bonds. The molecular weight excluding hydrogens is 324 g/mol. The minimum atomic E-state index is -3.54. The quantitative estimate of drug-likeness (QED) is 0.905.